The van der Waals surface area contributed by atoms with Crippen LogP contribution in [-0.4, -0.2) is 25.5 Å². The van der Waals surface area contributed by atoms with Gasteiger partial charge in [0.1, 0.15) is 0 Å². The van der Waals surface area contributed by atoms with E-state index in [1.165, 1.54) is 18.2 Å². The number of hydrogen-bond donors (Lipinski definition) is 2. The van der Waals surface area contributed by atoms with E-state index in [0.29, 0.717) is 11.5 Å². The van der Waals surface area contributed by atoms with Crippen LogP contribution in [0.1, 0.15) is 42.1 Å². The summed E-state index contributed by atoms with van der Waals surface area (Å²) in [5, 5.41) is 8.98. The number of aromatic carboxylic acids is 1. The average Bonchev–Trinajstić information content (AvgIpc) is 2.74. The van der Waals surface area contributed by atoms with E-state index in [2.05, 4.69) is 4.72 Å². The molecular formula is C14H19NO4S. The lowest BCUT2D eigenvalue weighted by Crippen LogP contribution is -2.36. The fourth-order valence-corrected chi connectivity index (χ4v) is 4.26. The van der Waals surface area contributed by atoms with E-state index in [1.54, 1.807) is 6.92 Å². The Hall–Kier alpha value is -1.40. The van der Waals surface area contributed by atoms with Crippen LogP contribution in [0.2, 0.25) is 0 Å². The molecule has 1 aliphatic rings. The highest BCUT2D eigenvalue weighted by Crippen LogP contribution is 2.27. The summed E-state index contributed by atoms with van der Waals surface area (Å²) in [5.74, 6) is -0.816. The molecule has 0 heterocycles. The molecule has 0 saturated heterocycles. The van der Waals surface area contributed by atoms with Crippen molar-refractivity contribution in [1.82, 2.24) is 4.72 Å². The Bertz CT molecular complexity index is 624. The van der Waals surface area contributed by atoms with Crippen molar-refractivity contribution >= 4 is 16.0 Å². The van der Waals surface area contributed by atoms with Gasteiger partial charge in [-0.1, -0.05) is 19.4 Å². The Balaban J connectivity index is 2.33. The van der Waals surface area contributed by atoms with Crippen LogP contribution < -0.4 is 4.72 Å². The van der Waals surface area contributed by atoms with Gasteiger partial charge in [-0.25, -0.2) is 17.9 Å². The van der Waals surface area contributed by atoms with Crippen molar-refractivity contribution in [3.05, 3.63) is 29.3 Å². The van der Waals surface area contributed by atoms with Gasteiger partial charge in [0.2, 0.25) is 10.0 Å². The van der Waals surface area contributed by atoms with Crippen LogP contribution in [-0.2, 0) is 10.0 Å². The van der Waals surface area contributed by atoms with Crippen molar-refractivity contribution in [2.24, 2.45) is 5.92 Å². The van der Waals surface area contributed by atoms with Gasteiger partial charge in [0.15, 0.2) is 0 Å². The number of rotatable bonds is 4. The number of carbonyl (C=O) groups is 1. The monoisotopic (exact) mass is 297 g/mol. The van der Waals surface area contributed by atoms with E-state index in [9.17, 15) is 13.2 Å². The number of hydrogen-bond acceptors (Lipinski definition) is 3. The van der Waals surface area contributed by atoms with Crippen molar-refractivity contribution in [2.45, 2.75) is 44.0 Å². The standard InChI is InChI=1S/C14H19NO4S/c1-9-4-3-5-12(9)15-20(18,19)13-8-11(14(16)17)7-6-10(13)2/h6-9,12,15H,3-5H2,1-2H3,(H,16,17). The molecule has 1 fully saturated rings. The minimum Gasteiger partial charge on any atom is -0.478 e. The molecule has 1 saturated carbocycles. The molecule has 2 rings (SSSR count). The van der Waals surface area contributed by atoms with Crippen molar-refractivity contribution in [3.63, 3.8) is 0 Å². The first-order valence-electron chi connectivity index (χ1n) is 6.67. The van der Waals surface area contributed by atoms with E-state index in [0.717, 1.165) is 19.3 Å². The van der Waals surface area contributed by atoms with Crippen LogP contribution >= 0.6 is 0 Å². The summed E-state index contributed by atoms with van der Waals surface area (Å²) in [4.78, 5) is 11.0. The molecule has 0 spiro atoms. The van der Waals surface area contributed by atoms with Crippen LogP contribution in [0.5, 0.6) is 0 Å². The second-order valence-electron chi connectivity index (χ2n) is 5.42. The third-order valence-corrected chi connectivity index (χ3v) is 5.52. The lowest BCUT2D eigenvalue weighted by Gasteiger charge is -2.18. The van der Waals surface area contributed by atoms with E-state index in [1.807, 2.05) is 6.92 Å². The highest BCUT2D eigenvalue weighted by Gasteiger charge is 2.29. The number of aryl methyl sites for hydroxylation is 1. The van der Waals surface area contributed by atoms with Gasteiger partial charge in [-0.15, -0.1) is 0 Å². The maximum atomic E-state index is 12.4. The van der Waals surface area contributed by atoms with Crippen LogP contribution in [0.15, 0.2) is 23.1 Å². The normalized spacial score (nSPS) is 22.9. The molecule has 1 aliphatic carbocycles. The van der Waals surface area contributed by atoms with Crippen molar-refractivity contribution in [3.8, 4) is 0 Å². The topological polar surface area (TPSA) is 83.5 Å². The second kappa shape index (κ2) is 5.54. The number of sulfonamides is 1. The van der Waals surface area contributed by atoms with Gasteiger partial charge in [0, 0.05) is 6.04 Å². The fourth-order valence-electron chi connectivity index (χ4n) is 2.61. The van der Waals surface area contributed by atoms with E-state index >= 15 is 0 Å². The minimum atomic E-state index is -3.68. The number of carboxylic acids is 1. The molecule has 0 aliphatic heterocycles. The predicted octanol–water partition coefficient (Wildman–Crippen LogP) is 2.16. The third-order valence-electron chi connectivity index (χ3n) is 3.89. The average molecular weight is 297 g/mol. The fraction of sp³-hybridized carbons (Fsp3) is 0.500. The van der Waals surface area contributed by atoms with Gasteiger partial charge in [-0.3, -0.25) is 0 Å². The molecular weight excluding hydrogens is 278 g/mol. The Morgan fingerprint density at radius 3 is 2.60 bits per heavy atom. The van der Waals surface area contributed by atoms with Gasteiger partial charge < -0.3 is 5.11 Å². The van der Waals surface area contributed by atoms with Gasteiger partial charge in [-0.05, 0) is 43.4 Å². The number of nitrogens with one attached hydrogen (secondary N) is 1. The molecule has 1 aromatic carbocycles. The highest BCUT2D eigenvalue weighted by molar-refractivity contribution is 7.89. The smallest absolute Gasteiger partial charge is 0.335 e. The molecule has 5 nitrogen and oxygen atoms in total. The van der Waals surface area contributed by atoms with Crippen molar-refractivity contribution < 1.29 is 18.3 Å². The summed E-state index contributed by atoms with van der Waals surface area (Å²) in [7, 11) is -3.68. The van der Waals surface area contributed by atoms with Gasteiger partial charge >= 0.3 is 5.97 Å². The first-order valence-corrected chi connectivity index (χ1v) is 8.16. The molecule has 1 aromatic rings. The molecule has 2 atom stereocenters. The third kappa shape index (κ3) is 3.02. The molecule has 0 amide bonds. The Labute approximate surface area is 119 Å². The maximum absolute atomic E-state index is 12.4. The Kier molecular flexibility index (Phi) is 4.15. The first-order chi connectivity index (χ1) is 9.31. The summed E-state index contributed by atoms with van der Waals surface area (Å²) < 4.78 is 27.6. The van der Waals surface area contributed by atoms with Gasteiger partial charge in [-0.2, -0.15) is 0 Å². The van der Waals surface area contributed by atoms with E-state index in [4.69, 9.17) is 5.11 Å². The van der Waals surface area contributed by atoms with Crippen LogP contribution in [0.25, 0.3) is 0 Å². The zero-order valence-corrected chi connectivity index (χ0v) is 12.4. The SMILES string of the molecule is Cc1ccc(C(=O)O)cc1S(=O)(=O)NC1CCCC1C. The van der Waals surface area contributed by atoms with E-state index < -0.39 is 16.0 Å². The van der Waals surface area contributed by atoms with Gasteiger partial charge in [0.25, 0.3) is 0 Å². The zero-order valence-electron chi connectivity index (χ0n) is 11.6. The molecule has 0 radical (unpaired) electrons. The molecule has 20 heavy (non-hydrogen) atoms. The van der Waals surface area contributed by atoms with Crippen molar-refractivity contribution in [2.75, 3.05) is 0 Å². The number of benzene rings is 1. The molecule has 0 bridgehead atoms. The van der Waals surface area contributed by atoms with Crippen LogP contribution in [0.3, 0.4) is 0 Å². The largest absolute Gasteiger partial charge is 0.478 e. The second-order valence-corrected chi connectivity index (χ2v) is 7.10. The van der Waals surface area contributed by atoms with Gasteiger partial charge in [0.05, 0.1) is 10.5 Å². The summed E-state index contributed by atoms with van der Waals surface area (Å²) in [6.45, 7) is 3.69. The Morgan fingerprint density at radius 1 is 1.35 bits per heavy atom. The highest BCUT2D eigenvalue weighted by atomic mass is 32.2. The zero-order chi connectivity index (χ0) is 14.9. The summed E-state index contributed by atoms with van der Waals surface area (Å²) >= 11 is 0. The van der Waals surface area contributed by atoms with Crippen LogP contribution in [0, 0.1) is 12.8 Å². The molecule has 6 heteroatoms. The van der Waals surface area contributed by atoms with Crippen molar-refractivity contribution in [1.29, 1.82) is 0 Å². The summed E-state index contributed by atoms with van der Waals surface area (Å²) in [6.07, 6.45) is 2.86. The molecule has 2 N–H and O–H groups in total. The Morgan fingerprint density at radius 2 is 2.05 bits per heavy atom. The minimum absolute atomic E-state index is 0.0181. The predicted molar refractivity (Wildman–Crippen MR) is 75.3 cm³/mol. The summed E-state index contributed by atoms with van der Waals surface area (Å²) in [5.41, 5.74) is 0.531. The molecule has 110 valence electrons. The maximum Gasteiger partial charge on any atom is 0.335 e. The lowest BCUT2D eigenvalue weighted by atomic mass is 10.1. The lowest BCUT2D eigenvalue weighted by molar-refractivity contribution is 0.0696. The molecule has 0 aromatic heterocycles. The first kappa shape index (κ1) is 15.0. The summed E-state index contributed by atoms with van der Waals surface area (Å²) in [6, 6.07) is 4.10. The number of carboxylic acid groups (broad SMARTS) is 1. The van der Waals surface area contributed by atoms with Crippen LogP contribution in [0.4, 0.5) is 0 Å². The quantitative estimate of drug-likeness (QED) is 0.892. The molecule has 2 unspecified atom stereocenters. The van der Waals surface area contributed by atoms with E-state index in [-0.39, 0.29) is 16.5 Å².